The van der Waals surface area contributed by atoms with Crippen molar-refractivity contribution in [2.24, 2.45) is 0 Å². The van der Waals surface area contributed by atoms with Crippen LogP contribution >= 0.6 is 0 Å². The molecule has 0 fully saturated rings. The molecule has 0 aliphatic carbocycles. The van der Waals surface area contributed by atoms with Crippen LogP contribution in [0.1, 0.15) is 50.8 Å². The van der Waals surface area contributed by atoms with E-state index < -0.39 is 40.9 Å². The quantitative estimate of drug-likeness (QED) is 0.638. The molecule has 140 valence electrons. The van der Waals surface area contributed by atoms with Gasteiger partial charge >= 0.3 is 0 Å². The molecule has 1 aliphatic heterocycles. The topological polar surface area (TPSA) is 66.5 Å². The Morgan fingerprint density at radius 1 is 1.00 bits per heavy atom. The van der Waals surface area contributed by atoms with Crippen molar-refractivity contribution >= 4 is 23.4 Å². The van der Waals surface area contributed by atoms with Gasteiger partial charge in [-0.1, -0.05) is 13.3 Å². The van der Waals surface area contributed by atoms with Gasteiger partial charge in [0.05, 0.1) is 16.8 Å². The lowest BCUT2D eigenvalue weighted by atomic mass is 10.1. The molecule has 5 nitrogen and oxygen atoms in total. The van der Waals surface area contributed by atoms with Crippen molar-refractivity contribution in [1.82, 2.24) is 4.90 Å². The van der Waals surface area contributed by atoms with Gasteiger partial charge in [0.15, 0.2) is 17.5 Å². The molecule has 1 N–H and O–H groups in total. The van der Waals surface area contributed by atoms with Crippen LogP contribution in [-0.4, -0.2) is 29.2 Å². The Hall–Kier alpha value is -3.16. The second kappa shape index (κ2) is 7.22. The van der Waals surface area contributed by atoms with Crippen LogP contribution in [0.4, 0.5) is 18.9 Å². The van der Waals surface area contributed by atoms with E-state index in [1.807, 2.05) is 6.92 Å². The summed E-state index contributed by atoms with van der Waals surface area (Å²) in [7, 11) is 0. The van der Waals surface area contributed by atoms with Gasteiger partial charge in [0.1, 0.15) is 0 Å². The number of hydrogen-bond donors (Lipinski definition) is 1. The number of nitrogens with zero attached hydrogens (tertiary/aromatic N) is 1. The zero-order valence-electron chi connectivity index (χ0n) is 14.3. The molecule has 0 spiro atoms. The van der Waals surface area contributed by atoms with E-state index in [9.17, 15) is 27.6 Å². The van der Waals surface area contributed by atoms with Gasteiger partial charge in [0.25, 0.3) is 17.7 Å². The molecule has 0 bridgehead atoms. The van der Waals surface area contributed by atoms with Crippen LogP contribution in [0.15, 0.2) is 30.3 Å². The molecule has 1 aliphatic rings. The van der Waals surface area contributed by atoms with E-state index in [4.69, 9.17) is 0 Å². The first-order chi connectivity index (χ1) is 12.8. The first-order valence-electron chi connectivity index (χ1n) is 8.30. The van der Waals surface area contributed by atoms with E-state index in [-0.39, 0.29) is 23.2 Å². The SMILES string of the molecule is CCCCN1C(=O)c2ccc(C(=O)Nc3ccc(F)c(F)c3F)cc2C1=O. The van der Waals surface area contributed by atoms with E-state index in [0.29, 0.717) is 12.5 Å². The molecule has 2 aromatic carbocycles. The normalized spacial score (nSPS) is 13.1. The van der Waals surface area contributed by atoms with Crippen molar-refractivity contribution in [1.29, 1.82) is 0 Å². The lowest BCUT2D eigenvalue weighted by molar-refractivity contribution is 0.0652. The van der Waals surface area contributed by atoms with Crippen molar-refractivity contribution < 1.29 is 27.6 Å². The lowest BCUT2D eigenvalue weighted by Gasteiger charge is -2.12. The Morgan fingerprint density at radius 2 is 1.70 bits per heavy atom. The average molecular weight is 376 g/mol. The number of carbonyl (C=O) groups is 3. The van der Waals surface area contributed by atoms with Gasteiger partial charge in [-0.2, -0.15) is 0 Å². The van der Waals surface area contributed by atoms with Gasteiger partial charge in [0, 0.05) is 12.1 Å². The highest BCUT2D eigenvalue weighted by Gasteiger charge is 2.35. The number of hydrogen-bond acceptors (Lipinski definition) is 3. The average Bonchev–Trinajstić information content (AvgIpc) is 2.90. The molecule has 3 rings (SSSR count). The fourth-order valence-corrected chi connectivity index (χ4v) is 2.77. The molecule has 0 saturated heterocycles. The number of amides is 3. The molecular formula is C19H15F3N2O3. The Kier molecular flexibility index (Phi) is 4.98. The number of nitrogens with one attached hydrogen (secondary N) is 1. The minimum atomic E-state index is -1.70. The molecule has 1 heterocycles. The Labute approximate surface area is 152 Å². The molecular weight excluding hydrogens is 361 g/mol. The predicted octanol–water partition coefficient (Wildman–Crippen LogP) is 3.75. The highest BCUT2D eigenvalue weighted by Crippen LogP contribution is 2.25. The largest absolute Gasteiger partial charge is 0.319 e. The number of halogens is 3. The zero-order chi connectivity index (χ0) is 19.7. The van der Waals surface area contributed by atoms with Crippen LogP contribution in [0.3, 0.4) is 0 Å². The number of benzene rings is 2. The van der Waals surface area contributed by atoms with E-state index in [1.165, 1.54) is 18.2 Å². The molecule has 0 unspecified atom stereocenters. The maximum absolute atomic E-state index is 13.7. The maximum atomic E-state index is 13.7. The summed E-state index contributed by atoms with van der Waals surface area (Å²) < 4.78 is 40.0. The van der Waals surface area contributed by atoms with Gasteiger partial charge in [-0.3, -0.25) is 19.3 Å². The molecule has 0 saturated carbocycles. The van der Waals surface area contributed by atoms with Gasteiger partial charge in [0.2, 0.25) is 0 Å². The maximum Gasteiger partial charge on any atom is 0.261 e. The molecule has 0 atom stereocenters. The highest BCUT2D eigenvalue weighted by atomic mass is 19.2. The van der Waals surface area contributed by atoms with Crippen LogP contribution in [0.25, 0.3) is 0 Å². The number of rotatable bonds is 5. The monoisotopic (exact) mass is 376 g/mol. The number of anilines is 1. The van der Waals surface area contributed by atoms with E-state index in [0.717, 1.165) is 17.4 Å². The number of imide groups is 1. The van der Waals surface area contributed by atoms with Crippen LogP contribution in [0.5, 0.6) is 0 Å². The first kappa shape index (κ1) is 18.6. The molecule has 3 amide bonds. The molecule has 27 heavy (non-hydrogen) atoms. The smallest absolute Gasteiger partial charge is 0.261 e. The van der Waals surface area contributed by atoms with Crippen molar-refractivity contribution in [2.75, 3.05) is 11.9 Å². The van der Waals surface area contributed by atoms with Crippen LogP contribution in [0, 0.1) is 17.5 Å². The van der Waals surface area contributed by atoms with Gasteiger partial charge < -0.3 is 5.32 Å². The molecule has 8 heteroatoms. The van der Waals surface area contributed by atoms with Crippen molar-refractivity contribution in [3.63, 3.8) is 0 Å². The summed E-state index contributed by atoms with van der Waals surface area (Å²) in [5.41, 5.74) is -0.288. The number of carbonyl (C=O) groups excluding carboxylic acids is 3. The molecule has 0 radical (unpaired) electrons. The van der Waals surface area contributed by atoms with E-state index >= 15 is 0 Å². The summed E-state index contributed by atoms with van der Waals surface area (Å²) in [5, 5.41) is 2.13. The third kappa shape index (κ3) is 3.30. The summed E-state index contributed by atoms with van der Waals surface area (Å²) in [5.74, 6) is -6.36. The third-order valence-corrected chi connectivity index (χ3v) is 4.25. The van der Waals surface area contributed by atoms with Crippen LogP contribution < -0.4 is 5.32 Å². The first-order valence-corrected chi connectivity index (χ1v) is 8.30. The van der Waals surface area contributed by atoms with Crippen molar-refractivity contribution in [2.45, 2.75) is 19.8 Å². The summed E-state index contributed by atoms with van der Waals surface area (Å²) in [6, 6.07) is 5.46. The van der Waals surface area contributed by atoms with Crippen LogP contribution in [-0.2, 0) is 0 Å². The standard InChI is InChI=1S/C19H15F3N2O3/c1-2-3-8-24-18(26)11-5-4-10(9-12(11)19(24)27)17(25)23-14-7-6-13(20)15(21)16(14)22/h4-7,9H,2-3,8H2,1H3,(H,23,25). The summed E-state index contributed by atoms with van der Waals surface area (Å²) in [6.45, 7) is 2.21. The van der Waals surface area contributed by atoms with Crippen LogP contribution in [0.2, 0.25) is 0 Å². The second-order valence-corrected chi connectivity index (χ2v) is 6.05. The Bertz CT molecular complexity index is 959. The molecule has 2 aromatic rings. The lowest BCUT2D eigenvalue weighted by Crippen LogP contribution is -2.30. The van der Waals surface area contributed by atoms with Crippen molar-refractivity contribution in [3.05, 3.63) is 64.5 Å². The minimum absolute atomic E-state index is 0.0172. The predicted molar refractivity (Wildman–Crippen MR) is 91.0 cm³/mol. The summed E-state index contributed by atoms with van der Waals surface area (Å²) in [6.07, 6.45) is 1.47. The highest BCUT2D eigenvalue weighted by molar-refractivity contribution is 6.22. The third-order valence-electron chi connectivity index (χ3n) is 4.25. The Morgan fingerprint density at radius 3 is 2.41 bits per heavy atom. The van der Waals surface area contributed by atoms with E-state index in [1.54, 1.807) is 0 Å². The fourth-order valence-electron chi connectivity index (χ4n) is 2.77. The molecule has 0 aromatic heterocycles. The van der Waals surface area contributed by atoms with Gasteiger partial charge in [-0.25, -0.2) is 13.2 Å². The summed E-state index contributed by atoms with van der Waals surface area (Å²) in [4.78, 5) is 38.1. The summed E-state index contributed by atoms with van der Waals surface area (Å²) >= 11 is 0. The van der Waals surface area contributed by atoms with Crippen molar-refractivity contribution in [3.8, 4) is 0 Å². The van der Waals surface area contributed by atoms with E-state index in [2.05, 4.69) is 5.32 Å². The Balaban J connectivity index is 1.85. The minimum Gasteiger partial charge on any atom is -0.319 e. The number of fused-ring (bicyclic) bond motifs is 1. The van der Waals surface area contributed by atoms with Gasteiger partial charge in [-0.15, -0.1) is 0 Å². The zero-order valence-corrected chi connectivity index (χ0v) is 14.3. The fraction of sp³-hybridized carbons (Fsp3) is 0.211. The van der Waals surface area contributed by atoms with Gasteiger partial charge in [-0.05, 0) is 36.8 Å². The number of unbranched alkanes of at least 4 members (excludes halogenated alkanes) is 1. The second-order valence-electron chi connectivity index (χ2n) is 6.05.